The van der Waals surface area contributed by atoms with Crippen LogP contribution in [0.1, 0.15) is 0 Å². The molecule has 0 fully saturated rings. The first-order valence-electron chi connectivity index (χ1n) is 2.21. The quantitative estimate of drug-likeness (QED) is 0.406. The lowest BCUT2D eigenvalue weighted by Crippen LogP contribution is -1.81. The van der Waals surface area contributed by atoms with Gasteiger partial charge in [-0.25, -0.2) is 0 Å². The maximum absolute atomic E-state index is 5.76. The highest BCUT2D eigenvalue weighted by Crippen LogP contribution is 2.06. The first-order valence-corrected chi connectivity index (χ1v) is 5.17. The van der Waals surface area contributed by atoms with Crippen molar-refractivity contribution < 1.29 is 0 Å². The molecule has 0 aliphatic heterocycles. The van der Waals surface area contributed by atoms with Crippen molar-refractivity contribution in [2.75, 3.05) is 0 Å². The second kappa shape index (κ2) is 2.62. The molecule has 1 aromatic rings. The van der Waals surface area contributed by atoms with Gasteiger partial charge in [-0.1, -0.05) is 29.4 Å². The lowest BCUT2D eigenvalue weighted by molar-refractivity contribution is 1.86. The standard InChI is InChI=1S/C5H4Cl2Si/c6-5-3-1-2-4-8(5)7/h1-4H. The van der Waals surface area contributed by atoms with E-state index in [1.807, 2.05) is 23.9 Å². The Morgan fingerprint density at radius 3 is 2.50 bits per heavy atom. The maximum atomic E-state index is 5.76. The smallest absolute Gasteiger partial charge is 0.132 e. The van der Waals surface area contributed by atoms with E-state index in [0.29, 0.717) is 0 Å². The molecule has 0 atom stereocenters. The fourth-order valence-electron chi connectivity index (χ4n) is 0.439. The predicted octanol–water partition coefficient (Wildman–Crippen LogP) is 2.37. The fraction of sp³-hybridized carbons (Fsp3) is 0. The molecule has 0 N–H and O–H groups in total. The van der Waals surface area contributed by atoms with Crippen molar-refractivity contribution in [3.05, 3.63) is 28.5 Å². The van der Waals surface area contributed by atoms with Gasteiger partial charge in [0.25, 0.3) is 0 Å². The molecule has 0 radical (unpaired) electrons. The van der Waals surface area contributed by atoms with Crippen LogP contribution in [0.25, 0.3) is 0 Å². The highest BCUT2D eigenvalue weighted by atomic mass is 35.6. The molecule has 0 saturated heterocycles. The molecule has 0 amide bonds. The molecule has 0 aliphatic rings. The molecule has 0 aromatic carbocycles. The van der Waals surface area contributed by atoms with Crippen molar-refractivity contribution >= 4 is 30.4 Å². The minimum Gasteiger partial charge on any atom is -0.132 e. The van der Waals surface area contributed by atoms with E-state index in [9.17, 15) is 0 Å². The van der Waals surface area contributed by atoms with Gasteiger partial charge >= 0.3 is 0 Å². The van der Waals surface area contributed by atoms with Crippen LogP contribution in [-0.4, -0.2) is 7.71 Å². The molecule has 0 nitrogen and oxygen atoms in total. The third-order valence-electron chi connectivity index (χ3n) is 0.824. The monoisotopic (exact) mass is 162 g/mol. The van der Waals surface area contributed by atoms with E-state index in [4.69, 9.17) is 22.7 Å². The average Bonchev–Trinajstić information content (AvgIpc) is 1.77. The minimum absolute atomic E-state index is 0.791. The van der Waals surface area contributed by atoms with Gasteiger partial charge in [0.2, 0.25) is 0 Å². The molecule has 1 heterocycles. The largest absolute Gasteiger partial charge is 0.171 e. The first kappa shape index (κ1) is 6.27. The molecule has 1 aromatic heterocycles. The third-order valence-corrected chi connectivity index (χ3v) is 3.95. The molecule has 3 heteroatoms. The van der Waals surface area contributed by atoms with E-state index in [1.165, 1.54) is 0 Å². The van der Waals surface area contributed by atoms with E-state index in [2.05, 4.69) is 0 Å². The summed E-state index contributed by atoms with van der Waals surface area (Å²) >= 11 is 11.4. The second-order valence-corrected chi connectivity index (χ2v) is 4.93. The van der Waals surface area contributed by atoms with Crippen LogP contribution >= 0.6 is 22.7 Å². The zero-order chi connectivity index (χ0) is 5.98. The SMILES string of the molecule is Clc1cccc[si]1Cl. The molecule has 8 heavy (non-hydrogen) atoms. The highest BCUT2D eigenvalue weighted by Gasteiger charge is 1.91. The van der Waals surface area contributed by atoms with Gasteiger partial charge in [-0.15, -0.1) is 11.1 Å². The van der Waals surface area contributed by atoms with Crippen LogP contribution in [0.2, 0.25) is 4.63 Å². The molecule has 0 unspecified atom stereocenters. The first-order chi connectivity index (χ1) is 3.80. The summed E-state index contributed by atoms with van der Waals surface area (Å²) in [7, 11) is -0.984. The summed E-state index contributed by atoms with van der Waals surface area (Å²) in [6.07, 6.45) is 0. The molecule has 0 saturated carbocycles. The minimum atomic E-state index is -0.984. The Hall–Kier alpha value is 0.147. The summed E-state index contributed by atoms with van der Waals surface area (Å²) in [6, 6.07) is 5.65. The Kier molecular flexibility index (Phi) is 2.06. The topological polar surface area (TPSA) is 0 Å². The van der Waals surface area contributed by atoms with Crippen LogP contribution < -0.4 is 0 Å². The van der Waals surface area contributed by atoms with Crippen LogP contribution in [0.4, 0.5) is 0 Å². The molecule has 0 bridgehead atoms. The second-order valence-electron chi connectivity index (χ2n) is 1.41. The Bertz CT molecular complexity index is 167. The molecule has 42 valence electrons. The number of hydrogen-bond donors (Lipinski definition) is 0. The highest BCUT2D eigenvalue weighted by molar-refractivity contribution is 7.05. The summed E-state index contributed by atoms with van der Waals surface area (Å²) in [6.45, 7) is 0. The van der Waals surface area contributed by atoms with Gasteiger partial charge in [0, 0.05) is 4.63 Å². The summed E-state index contributed by atoms with van der Waals surface area (Å²) in [5, 5.41) is 0. The van der Waals surface area contributed by atoms with Crippen molar-refractivity contribution in [1.82, 2.24) is 0 Å². The Morgan fingerprint density at radius 1 is 1.38 bits per heavy atom. The van der Waals surface area contributed by atoms with E-state index >= 15 is 0 Å². The Labute approximate surface area is 59.3 Å². The van der Waals surface area contributed by atoms with E-state index in [-0.39, 0.29) is 0 Å². The zero-order valence-electron chi connectivity index (χ0n) is 4.07. The molecular weight excluding hydrogens is 159 g/mol. The lowest BCUT2D eigenvalue weighted by atomic mass is 10.6. The van der Waals surface area contributed by atoms with Crippen molar-refractivity contribution in [2.24, 2.45) is 0 Å². The fourth-order valence-corrected chi connectivity index (χ4v) is 1.80. The van der Waals surface area contributed by atoms with Gasteiger partial charge in [-0.3, -0.25) is 0 Å². The van der Waals surface area contributed by atoms with Gasteiger partial charge in [-0.05, 0) is 6.07 Å². The van der Waals surface area contributed by atoms with Gasteiger partial charge < -0.3 is 0 Å². The van der Waals surface area contributed by atoms with Gasteiger partial charge in [0.05, 0.1) is 0 Å². The number of rotatable bonds is 0. The van der Waals surface area contributed by atoms with Gasteiger partial charge in [0.15, 0.2) is 7.71 Å². The van der Waals surface area contributed by atoms with Gasteiger partial charge in [-0.2, -0.15) is 0 Å². The zero-order valence-corrected chi connectivity index (χ0v) is 6.58. The van der Waals surface area contributed by atoms with Crippen LogP contribution in [-0.2, 0) is 0 Å². The van der Waals surface area contributed by atoms with Crippen LogP contribution in [0.15, 0.2) is 23.9 Å². The van der Waals surface area contributed by atoms with E-state index in [1.54, 1.807) is 0 Å². The number of halogens is 2. The number of hydrogen-bond acceptors (Lipinski definition) is 0. The Morgan fingerprint density at radius 2 is 2.12 bits per heavy atom. The average molecular weight is 163 g/mol. The molecule has 1 rings (SSSR count). The van der Waals surface area contributed by atoms with Crippen LogP contribution in [0, 0.1) is 0 Å². The summed E-state index contributed by atoms with van der Waals surface area (Å²) in [5.74, 6) is 0. The van der Waals surface area contributed by atoms with Gasteiger partial charge in [0.1, 0.15) is 0 Å². The lowest BCUT2D eigenvalue weighted by Gasteiger charge is -1.87. The third kappa shape index (κ3) is 1.31. The van der Waals surface area contributed by atoms with Crippen molar-refractivity contribution in [1.29, 1.82) is 0 Å². The summed E-state index contributed by atoms with van der Waals surface area (Å²) in [4.78, 5) is 0. The van der Waals surface area contributed by atoms with Crippen LogP contribution in [0.3, 0.4) is 0 Å². The van der Waals surface area contributed by atoms with Crippen LogP contribution in [0.5, 0.6) is 0 Å². The summed E-state index contributed by atoms with van der Waals surface area (Å²) in [5.41, 5.74) is 1.94. The Balaban J connectivity index is 3.13. The molecular formula is C5H4Cl2Si. The van der Waals surface area contributed by atoms with Crippen molar-refractivity contribution in [3.8, 4) is 0 Å². The van der Waals surface area contributed by atoms with Crippen molar-refractivity contribution in [3.63, 3.8) is 0 Å². The summed E-state index contributed by atoms with van der Waals surface area (Å²) < 4.78 is 0.791. The normalized spacial score (nSPS) is 9.25. The molecule has 0 spiro atoms. The maximum Gasteiger partial charge on any atom is 0.171 e. The predicted molar refractivity (Wildman–Crippen MR) is 38.7 cm³/mol. The van der Waals surface area contributed by atoms with E-state index in [0.717, 1.165) is 4.63 Å². The molecule has 0 aliphatic carbocycles. The van der Waals surface area contributed by atoms with Crippen molar-refractivity contribution in [2.45, 2.75) is 0 Å². The van der Waals surface area contributed by atoms with E-state index < -0.39 is 7.71 Å².